The molecule has 4 heteroatoms. The number of methoxy groups -OCH3 is 1. The molecular formula is C27H45NO3. The van der Waals surface area contributed by atoms with Crippen molar-refractivity contribution in [3.05, 3.63) is 12.2 Å². The molecule has 0 aromatic heterocycles. The lowest BCUT2D eigenvalue weighted by Gasteiger charge is -2.57. The molecule has 2 aliphatic heterocycles. The predicted molar refractivity (Wildman–Crippen MR) is 125 cm³/mol. The first-order valence-corrected chi connectivity index (χ1v) is 13.0. The molecule has 4 aliphatic rings. The predicted octanol–water partition coefficient (Wildman–Crippen LogP) is 5.61. The van der Waals surface area contributed by atoms with Gasteiger partial charge >= 0.3 is 5.97 Å². The van der Waals surface area contributed by atoms with E-state index in [0.29, 0.717) is 23.9 Å². The van der Waals surface area contributed by atoms with Gasteiger partial charge < -0.3 is 14.4 Å². The number of rotatable bonds is 6. The standard InChI is InChI=1S/C27H45NO3/c1-20-9-12-24-26(2,14-8-15-27(24,3)25(29)30-4)22(20)11-10-21-13-18-31-23(21)19-28-16-6-5-7-17-28/h21-24H,1,5-19H2,2-4H3. The Morgan fingerprint density at radius 1 is 1.13 bits per heavy atom. The van der Waals surface area contributed by atoms with Crippen LogP contribution in [-0.4, -0.2) is 50.3 Å². The fourth-order valence-corrected chi connectivity index (χ4v) is 7.96. The summed E-state index contributed by atoms with van der Waals surface area (Å²) < 4.78 is 11.5. The van der Waals surface area contributed by atoms with E-state index in [1.807, 2.05) is 0 Å². The number of carbonyl (C=O) groups excluding carboxylic acids is 1. The van der Waals surface area contributed by atoms with Gasteiger partial charge in [0.2, 0.25) is 0 Å². The molecule has 4 nitrogen and oxygen atoms in total. The molecule has 2 saturated heterocycles. The third kappa shape index (κ3) is 4.49. The van der Waals surface area contributed by atoms with Crippen LogP contribution in [0.1, 0.15) is 84.5 Å². The van der Waals surface area contributed by atoms with Crippen LogP contribution in [0.15, 0.2) is 12.2 Å². The molecule has 6 unspecified atom stereocenters. The first kappa shape index (κ1) is 23.3. The molecule has 31 heavy (non-hydrogen) atoms. The fraction of sp³-hybridized carbons (Fsp3) is 0.889. The second-order valence-corrected chi connectivity index (χ2v) is 11.5. The maximum atomic E-state index is 12.8. The Morgan fingerprint density at radius 2 is 1.90 bits per heavy atom. The van der Waals surface area contributed by atoms with E-state index in [1.54, 1.807) is 7.11 Å². The highest BCUT2D eigenvalue weighted by molar-refractivity contribution is 5.77. The van der Waals surface area contributed by atoms with Crippen LogP contribution < -0.4 is 0 Å². The molecule has 0 aromatic carbocycles. The molecule has 0 N–H and O–H groups in total. The lowest BCUT2D eigenvalue weighted by Crippen LogP contribution is -2.53. The molecule has 0 amide bonds. The Kier molecular flexibility index (Phi) is 7.18. The first-order valence-electron chi connectivity index (χ1n) is 13.0. The third-order valence-corrected chi connectivity index (χ3v) is 9.73. The quantitative estimate of drug-likeness (QED) is 0.405. The van der Waals surface area contributed by atoms with Crippen molar-refractivity contribution >= 4 is 5.97 Å². The minimum Gasteiger partial charge on any atom is -0.469 e. The molecule has 2 saturated carbocycles. The first-order chi connectivity index (χ1) is 14.9. The van der Waals surface area contributed by atoms with Gasteiger partial charge in [0.15, 0.2) is 0 Å². The summed E-state index contributed by atoms with van der Waals surface area (Å²) in [7, 11) is 1.56. The maximum absolute atomic E-state index is 12.8. The number of allylic oxidation sites excluding steroid dienone is 1. The summed E-state index contributed by atoms with van der Waals surface area (Å²) in [5, 5.41) is 0. The minimum atomic E-state index is -0.339. The van der Waals surface area contributed by atoms with Gasteiger partial charge in [-0.2, -0.15) is 0 Å². The van der Waals surface area contributed by atoms with Crippen LogP contribution in [0.4, 0.5) is 0 Å². The number of piperidine rings is 1. The second-order valence-electron chi connectivity index (χ2n) is 11.5. The van der Waals surface area contributed by atoms with Crippen LogP contribution in [0.2, 0.25) is 0 Å². The Hall–Kier alpha value is -0.870. The van der Waals surface area contributed by atoms with Crippen molar-refractivity contribution in [3.8, 4) is 0 Å². The van der Waals surface area contributed by atoms with E-state index in [4.69, 9.17) is 9.47 Å². The second kappa shape index (κ2) is 9.55. The number of likely N-dealkylation sites (tertiary alicyclic amines) is 1. The van der Waals surface area contributed by atoms with E-state index in [9.17, 15) is 4.79 Å². The van der Waals surface area contributed by atoms with Crippen LogP contribution in [0, 0.1) is 28.6 Å². The number of ether oxygens (including phenoxy) is 2. The van der Waals surface area contributed by atoms with E-state index < -0.39 is 0 Å². The molecule has 0 spiro atoms. The molecule has 0 radical (unpaired) electrons. The number of hydrogen-bond donors (Lipinski definition) is 0. The van der Waals surface area contributed by atoms with Gasteiger partial charge in [0.05, 0.1) is 18.6 Å². The minimum absolute atomic E-state index is 0.000440. The van der Waals surface area contributed by atoms with Crippen LogP contribution in [-0.2, 0) is 14.3 Å². The Labute approximate surface area is 190 Å². The molecule has 6 atom stereocenters. The van der Waals surface area contributed by atoms with Gasteiger partial charge in [-0.15, -0.1) is 0 Å². The van der Waals surface area contributed by atoms with Crippen molar-refractivity contribution in [2.75, 3.05) is 33.4 Å². The van der Waals surface area contributed by atoms with Crippen molar-refractivity contribution in [2.24, 2.45) is 28.6 Å². The summed E-state index contributed by atoms with van der Waals surface area (Å²) in [5.74, 6) is 1.60. The summed E-state index contributed by atoms with van der Waals surface area (Å²) in [6, 6.07) is 0. The fourth-order valence-electron chi connectivity index (χ4n) is 7.96. The van der Waals surface area contributed by atoms with Crippen molar-refractivity contribution < 1.29 is 14.3 Å². The molecule has 2 aliphatic carbocycles. The Balaban J connectivity index is 1.43. The summed E-state index contributed by atoms with van der Waals surface area (Å²) in [6.07, 6.45) is 13.6. The average Bonchev–Trinajstić information content (AvgIpc) is 3.20. The van der Waals surface area contributed by atoms with E-state index in [2.05, 4.69) is 25.3 Å². The van der Waals surface area contributed by atoms with E-state index in [0.717, 1.165) is 38.8 Å². The van der Waals surface area contributed by atoms with Gasteiger partial charge in [-0.3, -0.25) is 4.79 Å². The number of hydrogen-bond acceptors (Lipinski definition) is 4. The molecule has 0 bridgehead atoms. The lowest BCUT2D eigenvalue weighted by atomic mass is 9.46. The van der Waals surface area contributed by atoms with Gasteiger partial charge in [-0.05, 0) is 101 Å². The van der Waals surface area contributed by atoms with Gasteiger partial charge in [0.25, 0.3) is 0 Å². The van der Waals surface area contributed by atoms with Gasteiger partial charge in [0, 0.05) is 13.2 Å². The number of esters is 1. The molecule has 2 heterocycles. The molecule has 4 fully saturated rings. The monoisotopic (exact) mass is 431 g/mol. The van der Waals surface area contributed by atoms with Gasteiger partial charge in [0.1, 0.15) is 0 Å². The number of fused-ring (bicyclic) bond motifs is 1. The SMILES string of the molecule is C=C1CCC2C(C)(C(=O)OC)CCCC2(C)C1CCC1CCOC1CN1CCCCC1. The summed E-state index contributed by atoms with van der Waals surface area (Å²) in [5.41, 5.74) is 1.26. The van der Waals surface area contributed by atoms with Crippen molar-refractivity contribution in [3.63, 3.8) is 0 Å². The zero-order valence-electron chi connectivity index (χ0n) is 20.3. The molecule has 4 rings (SSSR count). The average molecular weight is 432 g/mol. The maximum Gasteiger partial charge on any atom is 0.311 e. The van der Waals surface area contributed by atoms with Gasteiger partial charge in [-0.25, -0.2) is 0 Å². The number of nitrogens with zero attached hydrogens (tertiary/aromatic N) is 1. The summed E-state index contributed by atoms with van der Waals surface area (Å²) >= 11 is 0. The Bertz CT molecular complexity index is 657. The molecule has 0 aromatic rings. The highest BCUT2D eigenvalue weighted by atomic mass is 16.5. The highest BCUT2D eigenvalue weighted by Gasteiger charge is 2.57. The number of carbonyl (C=O) groups is 1. The Morgan fingerprint density at radius 3 is 2.65 bits per heavy atom. The van der Waals surface area contributed by atoms with E-state index >= 15 is 0 Å². The van der Waals surface area contributed by atoms with Crippen LogP contribution in [0.5, 0.6) is 0 Å². The highest BCUT2D eigenvalue weighted by Crippen LogP contribution is 2.62. The molecular weight excluding hydrogens is 386 g/mol. The zero-order valence-corrected chi connectivity index (χ0v) is 20.3. The third-order valence-electron chi connectivity index (χ3n) is 9.73. The normalized spacial score (nSPS) is 41.7. The largest absolute Gasteiger partial charge is 0.469 e. The smallest absolute Gasteiger partial charge is 0.311 e. The molecule has 176 valence electrons. The summed E-state index contributed by atoms with van der Waals surface area (Å²) in [6.45, 7) is 13.7. The topological polar surface area (TPSA) is 38.8 Å². The van der Waals surface area contributed by atoms with Crippen LogP contribution >= 0.6 is 0 Å². The van der Waals surface area contributed by atoms with E-state index in [1.165, 1.54) is 63.6 Å². The van der Waals surface area contributed by atoms with Crippen LogP contribution in [0.25, 0.3) is 0 Å². The van der Waals surface area contributed by atoms with Crippen molar-refractivity contribution in [1.29, 1.82) is 0 Å². The zero-order chi connectivity index (χ0) is 22.1. The van der Waals surface area contributed by atoms with Crippen LogP contribution in [0.3, 0.4) is 0 Å². The van der Waals surface area contributed by atoms with E-state index in [-0.39, 0.29) is 16.8 Å². The van der Waals surface area contributed by atoms with Gasteiger partial charge in [-0.1, -0.05) is 31.9 Å². The van der Waals surface area contributed by atoms with Crippen molar-refractivity contribution in [2.45, 2.75) is 90.6 Å². The summed E-state index contributed by atoms with van der Waals surface area (Å²) in [4.78, 5) is 15.4. The van der Waals surface area contributed by atoms with Crippen molar-refractivity contribution in [1.82, 2.24) is 4.90 Å². The lowest BCUT2D eigenvalue weighted by molar-refractivity contribution is -0.168.